The van der Waals surface area contributed by atoms with E-state index in [1.165, 1.54) is 10.6 Å². The maximum Gasteiger partial charge on any atom is 0.243 e. The van der Waals surface area contributed by atoms with Gasteiger partial charge in [-0.05, 0) is 62.8 Å². The third kappa shape index (κ3) is 8.08. The number of rotatable bonds is 13. The van der Waals surface area contributed by atoms with Gasteiger partial charge in [-0.1, -0.05) is 56.3 Å². The van der Waals surface area contributed by atoms with E-state index in [0.29, 0.717) is 25.1 Å². The molecule has 0 aromatic heterocycles. The summed E-state index contributed by atoms with van der Waals surface area (Å²) in [6.45, 7) is 10.2. The Balaban J connectivity index is 2.23. The molecule has 8 heteroatoms. The van der Waals surface area contributed by atoms with Crippen LogP contribution in [0.3, 0.4) is 0 Å². The fourth-order valence-electron chi connectivity index (χ4n) is 4.13. The molecule has 198 valence electrons. The predicted molar refractivity (Wildman–Crippen MR) is 146 cm³/mol. The summed E-state index contributed by atoms with van der Waals surface area (Å²) in [5.74, 6) is -0.330. The topological polar surface area (TPSA) is 86.8 Å². The molecule has 0 aliphatic carbocycles. The summed E-state index contributed by atoms with van der Waals surface area (Å²) in [5, 5.41) is 3.01. The number of amides is 2. The third-order valence-electron chi connectivity index (χ3n) is 6.58. The van der Waals surface area contributed by atoms with Gasteiger partial charge in [-0.2, -0.15) is 0 Å². The Morgan fingerprint density at radius 1 is 0.972 bits per heavy atom. The zero-order chi connectivity index (χ0) is 26.9. The second kappa shape index (κ2) is 13.4. The van der Waals surface area contributed by atoms with E-state index in [2.05, 4.69) is 5.32 Å². The van der Waals surface area contributed by atoms with Gasteiger partial charge in [-0.25, -0.2) is 8.42 Å². The molecule has 0 saturated heterocycles. The Bertz CT molecular complexity index is 1120. The van der Waals surface area contributed by atoms with Crippen molar-refractivity contribution in [2.24, 2.45) is 0 Å². The summed E-state index contributed by atoms with van der Waals surface area (Å²) in [6, 6.07) is 14.6. The number of nitrogens with zero attached hydrogens (tertiary/aromatic N) is 2. The summed E-state index contributed by atoms with van der Waals surface area (Å²) in [7, 11) is -3.53. The number of carbonyl (C=O) groups is 2. The highest BCUT2D eigenvalue weighted by molar-refractivity contribution is 7.92. The Labute approximate surface area is 216 Å². The number of aryl methyl sites for hydroxylation is 1. The SMILES string of the molecule is CC[C@H](C)NC(=O)[C@H](CC)N(Cc1ccccc1)C(=O)CCCN(c1cccc(C)c1C)S(C)(=O)=O. The van der Waals surface area contributed by atoms with Crippen molar-refractivity contribution in [2.45, 2.75) is 78.9 Å². The average Bonchev–Trinajstić information content (AvgIpc) is 2.83. The van der Waals surface area contributed by atoms with Crippen molar-refractivity contribution in [1.29, 1.82) is 0 Å². The standard InChI is InChI=1S/C28H41N3O4S/c1-7-22(4)29-28(33)25(8-2)30(20-24-15-10-9-11-16-24)27(32)18-13-19-31(36(6,34)35)26-17-12-14-21(3)23(26)5/h9-12,14-17,22,25H,7-8,13,18-20H2,1-6H3,(H,29,33)/t22-,25-/m0/s1. The van der Waals surface area contributed by atoms with E-state index in [0.717, 1.165) is 23.1 Å². The zero-order valence-electron chi connectivity index (χ0n) is 22.5. The molecule has 7 nitrogen and oxygen atoms in total. The van der Waals surface area contributed by atoms with Crippen LogP contribution in [0.15, 0.2) is 48.5 Å². The Morgan fingerprint density at radius 3 is 2.22 bits per heavy atom. The van der Waals surface area contributed by atoms with Crippen molar-refractivity contribution < 1.29 is 18.0 Å². The summed E-state index contributed by atoms with van der Waals surface area (Å²) in [4.78, 5) is 28.2. The van der Waals surface area contributed by atoms with Gasteiger partial charge < -0.3 is 10.2 Å². The minimum Gasteiger partial charge on any atom is -0.352 e. The maximum absolute atomic E-state index is 13.5. The van der Waals surface area contributed by atoms with Gasteiger partial charge in [-0.15, -0.1) is 0 Å². The van der Waals surface area contributed by atoms with Crippen LogP contribution in [-0.4, -0.2) is 50.0 Å². The molecule has 2 atom stereocenters. The number of anilines is 1. The molecule has 0 aliphatic heterocycles. The van der Waals surface area contributed by atoms with E-state index in [9.17, 15) is 18.0 Å². The van der Waals surface area contributed by atoms with Crippen LogP contribution in [0.25, 0.3) is 0 Å². The number of benzene rings is 2. The lowest BCUT2D eigenvalue weighted by Gasteiger charge is -2.32. The van der Waals surface area contributed by atoms with E-state index >= 15 is 0 Å². The minimum atomic E-state index is -3.53. The summed E-state index contributed by atoms with van der Waals surface area (Å²) in [6.07, 6.45) is 2.95. The first-order chi connectivity index (χ1) is 17.0. The number of hydrogen-bond acceptors (Lipinski definition) is 4. The molecule has 0 aliphatic rings. The molecule has 0 bridgehead atoms. The van der Waals surface area contributed by atoms with Crippen molar-refractivity contribution in [1.82, 2.24) is 10.2 Å². The van der Waals surface area contributed by atoms with Crippen LogP contribution in [0.4, 0.5) is 5.69 Å². The highest BCUT2D eigenvalue weighted by Crippen LogP contribution is 2.25. The van der Waals surface area contributed by atoms with E-state index in [-0.39, 0.29) is 30.8 Å². The lowest BCUT2D eigenvalue weighted by Crippen LogP contribution is -2.50. The molecule has 2 aromatic rings. The first-order valence-electron chi connectivity index (χ1n) is 12.7. The first kappa shape index (κ1) is 29.4. The highest BCUT2D eigenvalue weighted by atomic mass is 32.2. The van der Waals surface area contributed by atoms with Crippen LogP contribution in [0.1, 0.15) is 63.1 Å². The number of carbonyl (C=O) groups excluding carboxylic acids is 2. The molecule has 2 aromatic carbocycles. The molecular formula is C28H41N3O4S. The van der Waals surface area contributed by atoms with E-state index in [1.54, 1.807) is 11.0 Å². The largest absolute Gasteiger partial charge is 0.352 e. The van der Waals surface area contributed by atoms with Gasteiger partial charge >= 0.3 is 0 Å². The van der Waals surface area contributed by atoms with Crippen LogP contribution in [0, 0.1) is 13.8 Å². The highest BCUT2D eigenvalue weighted by Gasteiger charge is 2.29. The van der Waals surface area contributed by atoms with Gasteiger partial charge in [0.15, 0.2) is 0 Å². The summed E-state index contributed by atoms with van der Waals surface area (Å²) in [5.41, 5.74) is 3.47. The molecule has 0 unspecified atom stereocenters. The fraction of sp³-hybridized carbons (Fsp3) is 0.500. The zero-order valence-corrected chi connectivity index (χ0v) is 23.3. The lowest BCUT2D eigenvalue weighted by atomic mass is 10.1. The lowest BCUT2D eigenvalue weighted by molar-refractivity contribution is -0.141. The normalized spacial score (nSPS) is 13.1. The Hall–Kier alpha value is -2.87. The minimum absolute atomic E-state index is 0.0149. The van der Waals surface area contributed by atoms with Gasteiger partial charge in [0.25, 0.3) is 0 Å². The van der Waals surface area contributed by atoms with Gasteiger partial charge in [0.05, 0.1) is 11.9 Å². The average molecular weight is 516 g/mol. The molecule has 2 rings (SSSR count). The third-order valence-corrected chi connectivity index (χ3v) is 7.76. The quantitative estimate of drug-likeness (QED) is 0.423. The van der Waals surface area contributed by atoms with E-state index in [1.807, 2.05) is 77.1 Å². The van der Waals surface area contributed by atoms with Crippen molar-refractivity contribution in [3.05, 3.63) is 65.2 Å². The molecule has 1 N–H and O–H groups in total. The van der Waals surface area contributed by atoms with Crippen molar-refractivity contribution in [3.63, 3.8) is 0 Å². The number of nitrogens with one attached hydrogen (secondary N) is 1. The van der Waals surface area contributed by atoms with Crippen LogP contribution in [0.2, 0.25) is 0 Å². The van der Waals surface area contributed by atoms with Gasteiger partial charge in [0.2, 0.25) is 21.8 Å². The van der Waals surface area contributed by atoms with Crippen molar-refractivity contribution >= 4 is 27.5 Å². The van der Waals surface area contributed by atoms with Crippen LogP contribution >= 0.6 is 0 Å². The molecule has 0 heterocycles. The summed E-state index contributed by atoms with van der Waals surface area (Å²) < 4.78 is 26.6. The van der Waals surface area contributed by atoms with E-state index < -0.39 is 16.1 Å². The predicted octanol–water partition coefficient (Wildman–Crippen LogP) is 4.57. The summed E-state index contributed by atoms with van der Waals surface area (Å²) >= 11 is 0. The first-order valence-corrected chi connectivity index (χ1v) is 14.5. The van der Waals surface area contributed by atoms with Crippen LogP contribution in [-0.2, 0) is 26.2 Å². The number of sulfonamides is 1. The second-order valence-electron chi connectivity index (χ2n) is 9.41. The Kier molecular flexibility index (Phi) is 11.0. The molecule has 0 spiro atoms. The van der Waals surface area contributed by atoms with Crippen LogP contribution < -0.4 is 9.62 Å². The molecule has 0 radical (unpaired) electrons. The molecule has 36 heavy (non-hydrogen) atoms. The number of hydrogen-bond donors (Lipinski definition) is 1. The van der Waals surface area contributed by atoms with Crippen molar-refractivity contribution in [3.8, 4) is 0 Å². The molecular weight excluding hydrogens is 474 g/mol. The van der Waals surface area contributed by atoms with Crippen LogP contribution in [0.5, 0.6) is 0 Å². The second-order valence-corrected chi connectivity index (χ2v) is 11.3. The fourth-order valence-corrected chi connectivity index (χ4v) is 5.14. The molecule has 0 saturated carbocycles. The Morgan fingerprint density at radius 2 is 1.64 bits per heavy atom. The smallest absolute Gasteiger partial charge is 0.243 e. The maximum atomic E-state index is 13.5. The molecule has 2 amide bonds. The van der Waals surface area contributed by atoms with Crippen molar-refractivity contribution in [2.75, 3.05) is 17.1 Å². The van der Waals surface area contributed by atoms with Gasteiger partial charge in [0, 0.05) is 25.6 Å². The van der Waals surface area contributed by atoms with Gasteiger partial charge in [-0.3, -0.25) is 13.9 Å². The molecule has 0 fully saturated rings. The van der Waals surface area contributed by atoms with E-state index in [4.69, 9.17) is 0 Å². The monoisotopic (exact) mass is 515 g/mol. The van der Waals surface area contributed by atoms with Gasteiger partial charge in [0.1, 0.15) is 6.04 Å².